The Morgan fingerprint density at radius 3 is 2.47 bits per heavy atom. The Bertz CT molecular complexity index is 1010. The first kappa shape index (κ1) is 21.8. The summed E-state index contributed by atoms with van der Waals surface area (Å²) in [6.45, 7) is 6.67. The average molecular weight is 424 g/mol. The summed E-state index contributed by atoms with van der Waals surface area (Å²) in [5, 5.41) is 12.9. The highest BCUT2D eigenvalue weighted by molar-refractivity contribution is 6.33. The molecule has 0 saturated heterocycles. The van der Waals surface area contributed by atoms with Crippen molar-refractivity contribution in [2.24, 2.45) is 0 Å². The number of halogens is 1. The maximum absolute atomic E-state index is 12.8. The summed E-state index contributed by atoms with van der Waals surface area (Å²) in [6.07, 6.45) is 1.64. The van der Waals surface area contributed by atoms with Crippen LogP contribution in [0.3, 0.4) is 0 Å². The van der Waals surface area contributed by atoms with E-state index in [4.69, 9.17) is 11.6 Å². The minimum atomic E-state index is -0.212. The molecule has 0 radical (unpaired) electrons. The van der Waals surface area contributed by atoms with Crippen LogP contribution in [0.25, 0.3) is 0 Å². The summed E-state index contributed by atoms with van der Waals surface area (Å²) in [5.74, 6) is 0.319. The Hall–Kier alpha value is -2.89. The van der Waals surface area contributed by atoms with Crippen molar-refractivity contribution in [1.29, 1.82) is 0 Å². The third kappa shape index (κ3) is 5.17. The second kappa shape index (κ2) is 9.28. The van der Waals surface area contributed by atoms with E-state index in [1.807, 2.05) is 30.3 Å². The molecule has 0 aliphatic carbocycles. The van der Waals surface area contributed by atoms with E-state index in [1.165, 1.54) is 5.56 Å². The molecule has 1 heterocycles. The van der Waals surface area contributed by atoms with Crippen molar-refractivity contribution in [3.8, 4) is 0 Å². The first-order chi connectivity index (χ1) is 14.3. The van der Waals surface area contributed by atoms with Gasteiger partial charge < -0.3 is 15.3 Å². The van der Waals surface area contributed by atoms with E-state index in [2.05, 4.69) is 31.1 Å². The Morgan fingerprint density at radius 2 is 1.83 bits per heavy atom. The normalized spacial score (nSPS) is 11.2. The summed E-state index contributed by atoms with van der Waals surface area (Å²) < 4.78 is 0. The van der Waals surface area contributed by atoms with Crippen LogP contribution in [0, 0.1) is 0 Å². The van der Waals surface area contributed by atoms with Gasteiger partial charge in [-0.1, -0.05) is 50.6 Å². The van der Waals surface area contributed by atoms with Crippen molar-refractivity contribution in [3.63, 3.8) is 0 Å². The van der Waals surface area contributed by atoms with Crippen molar-refractivity contribution < 1.29 is 9.90 Å². The Balaban J connectivity index is 1.83. The number of carbonyl (C=O) groups excluding carboxylic acids is 1. The highest BCUT2D eigenvalue weighted by atomic mass is 35.5. The van der Waals surface area contributed by atoms with E-state index >= 15 is 0 Å². The zero-order chi connectivity index (χ0) is 21.7. The monoisotopic (exact) mass is 423 g/mol. The third-order valence-corrected chi connectivity index (χ3v) is 5.04. The molecule has 3 aromatic rings. The van der Waals surface area contributed by atoms with Crippen LogP contribution in [-0.4, -0.2) is 29.1 Å². The van der Waals surface area contributed by atoms with Crippen molar-refractivity contribution in [3.05, 3.63) is 83.0 Å². The number of aliphatic hydroxyl groups is 1. The van der Waals surface area contributed by atoms with Gasteiger partial charge >= 0.3 is 0 Å². The smallest absolute Gasteiger partial charge is 0.255 e. The molecule has 30 heavy (non-hydrogen) atoms. The second-order valence-corrected chi connectivity index (χ2v) is 8.42. The number of amides is 1. The largest absolute Gasteiger partial charge is 0.395 e. The molecular formula is C24H26ClN3O2. The van der Waals surface area contributed by atoms with Gasteiger partial charge in [0, 0.05) is 29.7 Å². The molecule has 0 bridgehead atoms. The van der Waals surface area contributed by atoms with Crippen molar-refractivity contribution in [1.82, 2.24) is 4.98 Å². The maximum atomic E-state index is 12.8. The summed E-state index contributed by atoms with van der Waals surface area (Å²) in [4.78, 5) is 18.9. The number of hydrogen-bond acceptors (Lipinski definition) is 4. The molecule has 0 fully saturated rings. The molecule has 5 nitrogen and oxygen atoms in total. The number of rotatable bonds is 6. The van der Waals surface area contributed by atoms with Gasteiger partial charge in [0.1, 0.15) is 0 Å². The predicted octanol–water partition coefficient (Wildman–Crippen LogP) is 5.42. The fraction of sp³-hybridized carbons (Fsp3) is 0.250. The molecule has 2 N–H and O–H groups in total. The van der Waals surface area contributed by atoms with E-state index in [9.17, 15) is 9.90 Å². The number of nitrogens with zero attached hydrogens (tertiary/aromatic N) is 2. The molecule has 0 unspecified atom stereocenters. The highest BCUT2D eigenvalue weighted by Gasteiger charge is 2.16. The van der Waals surface area contributed by atoms with Gasteiger partial charge in [-0.05, 0) is 53.4 Å². The Labute approximate surface area is 182 Å². The summed E-state index contributed by atoms with van der Waals surface area (Å²) in [7, 11) is 0. The van der Waals surface area contributed by atoms with Crippen molar-refractivity contribution >= 4 is 34.7 Å². The molecule has 0 aliphatic heterocycles. The predicted molar refractivity (Wildman–Crippen MR) is 123 cm³/mol. The van der Waals surface area contributed by atoms with E-state index in [-0.39, 0.29) is 17.9 Å². The fourth-order valence-electron chi connectivity index (χ4n) is 3.11. The molecule has 6 heteroatoms. The lowest BCUT2D eigenvalue weighted by molar-refractivity contribution is 0.102. The summed E-state index contributed by atoms with van der Waals surface area (Å²) in [5.41, 5.74) is 3.22. The fourth-order valence-corrected chi connectivity index (χ4v) is 3.33. The minimum Gasteiger partial charge on any atom is -0.395 e. The molecule has 0 saturated carbocycles. The number of benzene rings is 2. The lowest BCUT2D eigenvalue weighted by atomic mass is 9.87. The van der Waals surface area contributed by atoms with Crippen LogP contribution in [0.15, 0.2) is 66.9 Å². The Morgan fingerprint density at radius 1 is 1.10 bits per heavy atom. The standard InChI is InChI=1S/C24H26ClN3O2/c1-24(2,3)18-9-11-19(12-10-18)27-23(30)17-6-4-7-20(16-17)28(14-15-29)22-21(25)8-5-13-26-22/h4-13,16,29H,14-15H2,1-3H3,(H,27,30). The summed E-state index contributed by atoms with van der Waals surface area (Å²) >= 11 is 6.29. The molecule has 1 amide bonds. The van der Waals surface area contributed by atoms with Gasteiger partial charge in [0.25, 0.3) is 5.91 Å². The number of carbonyl (C=O) groups is 1. The van der Waals surface area contributed by atoms with E-state index < -0.39 is 0 Å². The molecule has 0 spiro atoms. The van der Waals surface area contributed by atoms with Gasteiger partial charge in [0.15, 0.2) is 5.82 Å². The minimum absolute atomic E-state index is 0.0553. The quantitative estimate of drug-likeness (QED) is 0.556. The highest BCUT2D eigenvalue weighted by Crippen LogP contribution is 2.30. The van der Waals surface area contributed by atoms with E-state index in [0.717, 1.165) is 11.4 Å². The zero-order valence-electron chi connectivity index (χ0n) is 17.4. The lowest BCUT2D eigenvalue weighted by Crippen LogP contribution is -2.23. The number of aliphatic hydroxyl groups excluding tert-OH is 1. The Kier molecular flexibility index (Phi) is 6.75. The van der Waals surface area contributed by atoms with Crippen LogP contribution < -0.4 is 10.2 Å². The molecule has 156 valence electrons. The number of pyridine rings is 1. The average Bonchev–Trinajstić information content (AvgIpc) is 2.72. The topological polar surface area (TPSA) is 65.5 Å². The van der Waals surface area contributed by atoms with Gasteiger partial charge in [-0.15, -0.1) is 0 Å². The van der Waals surface area contributed by atoms with Gasteiger partial charge in [-0.2, -0.15) is 0 Å². The van der Waals surface area contributed by atoms with Gasteiger partial charge in [0.2, 0.25) is 0 Å². The number of aromatic nitrogens is 1. The van der Waals surface area contributed by atoms with Gasteiger partial charge in [0.05, 0.1) is 11.6 Å². The van der Waals surface area contributed by atoms with Gasteiger partial charge in [-0.3, -0.25) is 4.79 Å². The van der Waals surface area contributed by atoms with E-state index in [1.54, 1.807) is 41.4 Å². The molecule has 0 atom stereocenters. The van der Waals surface area contributed by atoms with Crippen LogP contribution in [-0.2, 0) is 5.41 Å². The SMILES string of the molecule is CC(C)(C)c1ccc(NC(=O)c2cccc(N(CCO)c3ncccc3Cl)c2)cc1. The number of hydrogen-bond donors (Lipinski definition) is 2. The lowest BCUT2D eigenvalue weighted by Gasteiger charge is -2.24. The summed E-state index contributed by atoms with van der Waals surface area (Å²) in [6, 6.07) is 18.5. The van der Waals surface area contributed by atoms with Gasteiger partial charge in [-0.25, -0.2) is 4.98 Å². The maximum Gasteiger partial charge on any atom is 0.255 e. The third-order valence-electron chi connectivity index (χ3n) is 4.75. The molecule has 2 aromatic carbocycles. The first-order valence-corrected chi connectivity index (χ1v) is 10.2. The van der Waals surface area contributed by atoms with Crippen molar-refractivity contribution in [2.75, 3.05) is 23.4 Å². The molecular weight excluding hydrogens is 398 g/mol. The number of nitrogens with one attached hydrogen (secondary N) is 1. The molecule has 3 rings (SSSR count). The van der Waals surface area contributed by atoms with E-state index in [0.29, 0.717) is 22.9 Å². The van der Waals surface area contributed by atoms with Crippen LogP contribution in [0.2, 0.25) is 5.02 Å². The molecule has 1 aromatic heterocycles. The zero-order valence-corrected chi connectivity index (χ0v) is 18.1. The second-order valence-electron chi connectivity index (χ2n) is 8.02. The first-order valence-electron chi connectivity index (χ1n) is 9.80. The van der Waals surface area contributed by atoms with Crippen molar-refractivity contribution in [2.45, 2.75) is 26.2 Å². The molecule has 0 aliphatic rings. The van der Waals surface area contributed by atoms with Crippen LogP contribution in [0.5, 0.6) is 0 Å². The van der Waals surface area contributed by atoms with Crippen LogP contribution in [0.4, 0.5) is 17.2 Å². The number of anilines is 3. The van der Waals surface area contributed by atoms with Crippen LogP contribution in [0.1, 0.15) is 36.7 Å². The van der Waals surface area contributed by atoms with Crippen LogP contribution >= 0.6 is 11.6 Å².